The molecule has 186 valence electrons. The number of fused-ring (bicyclic) bond motifs is 1. The Hall–Kier alpha value is -3.19. The van der Waals surface area contributed by atoms with Gasteiger partial charge in [-0.25, -0.2) is 9.37 Å². The Morgan fingerprint density at radius 1 is 1.11 bits per heavy atom. The molecule has 2 aromatic heterocycles. The van der Waals surface area contributed by atoms with Gasteiger partial charge in [-0.05, 0) is 59.7 Å². The molecule has 1 saturated carbocycles. The molecule has 1 aliphatic rings. The van der Waals surface area contributed by atoms with Crippen LogP contribution in [0.5, 0.6) is 0 Å². The van der Waals surface area contributed by atoms with Crippen molar-refractivity contribution in [1.82, 2.24) is 19.9 Å². The Bertz CT molecular complexity index is 1350. The number of hydrogen-bond donors (Lipinski definition) is 1. The van der Waals surface area contributed by atoms with Gasteiger partial charge in [0.1, 0.15) is 5.82 Å². The molecule has 0 unspecified atom stereocenters. The van der Waals surface area contributed by atoms with Crippen molar-refractivity contribution < 1.29 is 9.18 Å². The molecule has 1 N–H and O–H groups in total. The predicted octanol–water partition coefficient (Wildman–Crippen LogP) is 6.47. The summed E-state index contributed by atoms with van der Waals surface area (Å²) in [6.07, 6.45) is 7.00. The third-order valence-corrected chi connectivity index (χ3v) is 8.40. The van der Waals surface area contributed by atoms with Crippen LogP contribution in [0.4, 0.5) is 4.39 Å². The molecule has 0 aliphatic heterocycles. The molecule has 4 aromatic rings. The molecule has 2 aromatic carbocycles. The number of thioether (sulfide) groups is 1. The van der Waals surface area contributed by atoms with E-state index >= 15 is 0 Å². The highest BCUT2D eigenvalue weighted by molar-refractivity contribution is 7.98. The molecule has 7 heteroatoms. The first-order valence-corrected chi connectivity index (χ1v) is 13.5. The molecule has 2 heterocycles. The maximum Gasteiger partial charge on any atom is 0.251 e. The number of carbonyl (C=O) groups is 1. The fourth-order valence-corrected chi connectivity index (χ4v) is 5.94. The summed E-state index contributed by atoms with van der Waals surface area (Å²) in [5.41, 5.74) is 4.46. The lowest BCUT2D eigenvalue weighted by Gasteiger charge is -2.34. The van der Waals surface area contributed by atoms with Crippen molar-refractivity contribution in [3.63, 3.8) is 0 Å². The normalized spacial score (nSPS) is 19.9. The van der Waals surface area contributed by atoms with E-state index in [1.807, 2.05) is 36.4 Å². The number of amides is 1. The lowest BCUT2D eigenvalue weighted by molar-refractivity contribution is 0.0891. The van der Waals surface area contributed by atoms with Crippen molar-refractivity contribution in [2.75, 3.05) is 0 Å². The van der Waals surface area contributed by atoms with Crippen LogP contribution in [-0.4, -0.2) is 26.5 Å². The summed E-state index contributed by atoms with van der Waals surface area (Å²) in [6, 6.07) is 16.6. The van der Waals surface area contributed by atoms with Crippen molar-refractivity contribution in [1.29, 1.82) is 0 Å². The van der Waals surface area contributed by atoms with Crippen molar-refractivity contribution in [2.45, 2.75) is 56.6 Å². The van der Waals surface area contributed by atoms with Gasteiger partial charge in [-0.3, -0.25) is 9.78 Å². The third kappa shape index (κ3) is 5.46. The van der Waals surface area contributed by atoms with Gasteiger partial charge in [0.2, 0.25) is 0 Å². The number of aromatic nitrogens is 3. The third-order valence-electron chi connectivity index (χ3n) is 7.35. The zero-order valence-corrected chi connectivity index (χ0v) is 21.5. The van der Waals surface area contributed by atoms with Gasteiger partial charge >= 0.3 is 0 Å². The first-order valence-electron chi connectivity index (χ1n) is 12.6. The van der Waals surface area contributed by atoms with E-state index < -0.39 is 0 Å². The SMILES string of the molecule is C[C@@H]1[C@H](C)CCC[C@@H]1NC(=O)c1ccc(CSc2nc3ccncc3n2Cc2cccc(F)c2)cc1. The van der Waals surface area contributed by atoms with Crippen molar-refractivity contribution in [3.05, 3.63) is 89.5 Å². The van der Waals surface area contributed by atoms with Crippen LogP contribution in [0.15, 0.2) is 72.1 Å². The van der Waals surface area contributed by atoms with E-state index in [4.69, 9.17) is 4.98 Å². The maximum absolute atomic E-state index is 13.8. The Labute approximate surface area is 215 Å². The van der Waals surface area contributed by atoms with Crippen LogP contribution in [0.2, 0.25) is 0 Å². The number of imidazole rings is 1. The van der Waals surface area contributed by atoms with E-state index in [-0.39, 0.29) is 17.8 Å². The van der Waals surface area contributed by atoms with Gasteiger partial charge in [-0.1, -0.05) is 62.7 Å². The van der Waals surface area contributed by atoms with E-state index in [1.165, 1.54) is 18.9 Å². The largest absolute Gasteiger partial charge is 0.349 e. The Balaban J connectivity index is 1.27. The van der Waals surface area contributed by atoms with E-state index in [2.05, 4.69) is 28.7 Å². The van der Waals surface area contributed by atoms with Crippen LogP contribution < -0.4 is 5.32 Å². The number of benzene rings is 2. The van der Waals surface area contributed by atoms with E-state index in [9.17, 15) is 9.18 Å². The second-order valence-electron chi connectivity index (χ2n) is 9.81. The molecule has 5 rings (SSSR count). The number of hydrogen-bond acceptors (Lipinski definition) is 4. The van der Waals surface area contributed by atoms with Crippen LogP contribution in [-0.2, 0) is 12.3 Å². The average molecular weight is 503 g/mol. The predicted molar refractivity (Wildman–Crippen MR) is 142 cm³/mol. The van der Waals surface area contributed by atoms with Gasteiger partial charge in [0.15, 0.2) is 5.16 Å². The van der Waals surface area contributed by atoms with Crippen LogP contribution in [0.25, 0.3) is 11.0 Å². The minimum absolute atomic E-state index is 0.00420. The Morgan fingerprint density at radius 2 is 1.94 bits per heavy atom. The number of halogens is 1. The van der Waals surface area contributed by atoms with Gasteiger partial charge in [0, 0.05) is 23.6 Å². The first-order chi connectivity index (χ1) is 17.5. The molecular weight excluding hydrogens is 471 g/mol. The van der Waals surface area contributed by atoms with E-state index in [1.54, 1.807) is 36.3 Å². The summed E-state index contributed by atoms with van der Waals surface area (Å²) < 4.78 is 15.8. The number of nitrogens with one attached hydrogen (secondary N) is 1. The van der Waals surface area contributed by atoms with E-state index in [0.717, 1.165) is 33.7 Å². The summed E-state index contributed by atoms with van der Waals surface area (Å²) >= 11 is 1.62. The number of rotatable bonds is 7. The standard InChI is InChI=1S/C29H31FN4OS/c1-19-5-3-8-25(20(19)2)32-28(35)23-11-9-21(10-12-23)18-36-29-33-26-13-14-31-16-27(26)34(29)17-22-6-4-7-24(30)15-22/h4,6-7,9-16,19-20,25H,3,5,8,17-18H2,1-2H3,(H,32,35)/t19-,20-,25+/m1/s1. The highest BCUT2D eigenvalue weighted by Crippen LogP contribution is 2.30. The summed E-state index contributed by atoms with van der Waals surface area (Å²) in [4.78, 5) is 21.9. The Morgan fingerprint density at radius 3 is 2.75 bits per heavy atom. The molecule has 3 atom stereocenters. The smallest absolute Gasteiger partial charge is 0.251 e. The fourth-order valence-electron chi connectivity index (χ4n) is 4.97. The fraction of sp³-hybridized carbons (Fsp3) is 0.345. The minimum Gasteiger partial charge on any atom is -0.349 e. The Kier molecular flexibility index (Phi) is 7.37. The monoisotopic (exact) mass is 502 g/mol. The van der Waals surface area contributed by atoms with Crippen molar-refractivity contribution in [3.8, 4) is 0 Å². The molecule has 0 saturated heterocycles. The summed E-state index contributed by atoms with van der Waals surface area (Å²) in [5, 5.41) is 4.10. The van der Waals surface area contributed by atoms with Gasteiger partial charge in [-0.2, -0.15) is 0 Å². The first kappa shape index (κ1) is 24.5. The van der Waals surface area contributed by atoms with Crippen molar-refractivity contribution >= 4 is 28.7 Å². The van der Waals surface area contributed by atoms with Gasteiger partial charge < -0.3 is 9.88 Å². The minimum atomic E-state index is -0.249. The van der Waals surface area contributed by atoms with Gasteiger partial charge in [0.25, 0.3) is 5.91 Å². The second kappa shape index (κ2) is 10.8. The van der Waals surface area contributed by atoms with E-state index in [0.29, 0.717) is 29.7 Å². The second-order valence-corrected chi connectivity index (χ2v) is 10.8. The zero-order valence-electron chi connectivity index (χ0n) is 20.7. The summed E-state index contributed by atoms with van der Waals surface area (Å²) in [6.45, 7) is 5.03. The van der Waals surface area contributed by atoms with Crippen LogP contribution in [0, 0.1) is 17.7 Å². The van der Waals surface area contributed by atoms with Crippen LogP contribution in [0.3, 0.4) is 0 Å². The highest BCUT2D eigenvalue weighted by Gasteiger charge is 2.28. The highest BCUT2D eigenvalue weighted by atomic mass is 32.2. The average Bonchev–Trinajstić information content (AvgIpc) is 3.23. The lowest BCUT2D eigenvalue weighted by atomic mass is 9.78. The summed E-state index contributed by atoms with van der Waals surface area (Å²) in [5.74, 6) is 1.61. The molecule has 5 nitrogen and oxygen atoms in total. The van der Waals surface area contributed by atoms with Crippen LogP contribution in [0.1, 0.15) is 54.6 Å². The zero-order chi connectivity index (χ0) is 25.1. The lowest BCUT2D eigenvalue weighted by Crippen LogP contribution is -2.43. The molecule has 0 spiro atoms. The molecule has 1 fully saturated rings. The number of nitrogens with zero attached hydrogens (tertiary/aromatic N) is 3. The molecule has 0 radical (unpaired) electrons. The van der Waals surface area contributed by atoms with Gasteiger partial charge in [-0.15, -0.1) is 0 Å². The number of pyridine rings is 1. The molecule has 1 amide bonds. The number of carbonyl (C=O) groups excluding carboxylic acids is 1. The quantitative estimate of drug-likeness (QED) is 0.295. The molecule has 36 heavy (non-hydrogen) atoms. The topological polar surface area (TPSA) is 59.8 Å². The molecular formula is C29H31FN4OS. The molecule has 1 aliphatic carbocycles. The summed E-state index contributed by atoms with van der Waals surface area (Å²) in [7, 11) is 0. The van der Waals surface area contributed by atoms with Crippen molar-refractivity contribution in [2.24, 2.45) is 11.8 Å². The maximum atomic E-state index is 13.8. The van der Waals surface area contributed by atoms with Crippen LogP contribution >= 0.6 is 11.8 Å². The molecule has 0 bridgehead atoms. The van der Waals surface area contributed by atoms with Gasteiger partial charge in [0.05, 0.1) is 23.8 Å².